The second-order valence-corrected chi connectivity index (χ2v) is 23.4. The number of benzene rings is 10. The number of para-hydroxylation sites is 4. The molecule has 79 heavy (non-hydrogen) atoms. The monoisotopic (exact) mass is 1020 g/mol. The van der Waals surface area contributed by atoms with Gasteiger partial charge in [-0.3, -0.25) is 0 Å². The highest BCUT2D eigenvalue weighted by atomic mass is 15.1. The Kier molecular flexibility index (Phi) is 11.1. The van der Waals surface area contributed by atoms with Gasteiger partial charge in [0.25, 0.3) is 0 Å². The van der Waals surface area contributed by atoms with Crippen molar-refractivity contribution >= 4 is 50.2 Å². The zero-order valence-electron chi connectivity index (χ0n) is 45.9. The average molecular weight is 1020 g/mol. The third kappa shape index (κ3) is 7.54. The summed E-state index contributed by atoms with van der Waals surface area (Å²) >= 11 is 0. The number of anilines is 5. The molecule has 0 spiro atoms. The zero-order valence-corrected chi connectivity index (χ0v) is 45.9. The smallest absolute Gasteiger partial charge is 0.0582 e. The molecule has 3 heteroatoms. The lowest BCUT2D eigenvalue weighted by atomic mass is 9.74. The highest BCUT2D eigenvalue weighted by Gasteiger charge is 2.40. The predicted octanol–water partition coefficient (Wildman–Crippen LogP) is 20.3. The molecule has 0 saturated heterocycles. The van der Waals surface area contributed by atoms with Gasteiger partial charge in [0.15, 0.2) is 0 Å². The van der Waals surface area contributed by atoms with Crippen molar-refractivity contribution in [2.45, 2.75) is 57.8 Å². The summed E-state index contributed by atoms with van der Waals surface area (Å²) in [7, 11) is 0. The van der Waals surface area contributed by atoms with Crippen molar-refractivity contribution in [2.75, 3.05) is 16.3 Å². The van der Waals surface area contributed by atoms with E-state index in [9.17, 15) is 0 Å². The molecule has 11 aromatic rings. The maximum Gasteiger partial charge on any atom is 0.0582 e. The molecular formula is C76H63N3. The van der Waals surface area contributed by atoms with Gasteiger partial charge in [0.2, 0.25) is 0 Å². The Bertz CT molecular complexity index is 4280. The third-order valence-corrected chi connectivity index (χ3v) is 17.8. The molecule has 3 nitrogen and oxygen atoms in total. The van der Waals surface area contributed by atoms with E-state index in [1.165, 1.54) is 117 Å². The first-order chi connectivity index (χ1) is 38.4. The van der Waals surface area contributed by atoms with Gasteiger partial charge in [0.1, 0.15) is 0 Å². The number of fused-ring (bicyclic) bond motifs is 11. The maximum atomic E-state index is 3.83. The first-order valence-corrected chi connectivity index (χ1v) is 27.9. The zero-order chi connectivity index (χ0) is 53.8. The van der Waals surface area contributed by atoms with Crippen molar-refractivity contribution in [2.24, 2.45) is 0 Å². The summed E-state index contributed by atoms with van der Waals surface area (Å²) in [6.07, 6.45) is 10.1. The van der Waals surface area contributed by atoms with Crippen LogP contribution in [-0.4, -0.2) is 11.1 Å². The van der Waals surface area contributed by atoms with Crippen LogP contribution >= 0.6 is 0 Å². The molecule has 1 aromatic heterocycles. The van der Waals surface area contributed by atoms with Crippen LogP contribution in [0.5, 0.6) is 0 Å². The average Bonchev–Trinajstić information content (AvgIpc) is 2.64. The van der Waals surface area contributed by atoms with Gasteiger partial charge in [0.05, 0.1) is 16.7 Å². The van der Waals surface area contributed by atoms with E-state index in [2.05, 4.69) is 293 Å². The number of allylic oxidation sites excluding steroid dienone is 4. The molecule has 2 heterocycles. The Labute approximate surface area is 465 Å². The number of aromatic nitrogens is 1. The van der Waals surface area contributed by atoms with Crippen LogP contribution in [0, 0.1) is 0 Å². The second-order valence-electron chi connectivity index (χ2n) is 23.4. The maximum absolute atomic E-state index is 3.83. The molecule has 0 amide bonds. The molecule has 14 rings (SSSR count). The third-order valence-electron chi connectivity index (χ3n) is 17.8. The van der Waals surface area contributed by atoms with Gasteiger partial charge in [-0.1, -0.05) is 194 Å². The number of nitrogens with zero attached hydrogens (tertiary/aromatic N) is 3. The molecule has 0 N–H and O–H groups in total. The fourth-order valence-electron chi connectivity index (χ4n) is 13.6. The van der Waals surface area contributed by atoms with E-state index in [1.54, 1.807) is 0 Å². The van der Waals surface area contributed by atoms with Gasteiger partial charge < -0.3 is 14.4 Å². The van der Waals surface area contributed by atoms with Gasteiger partial charge >= 0.3 is 0 Å². The number of hydrogen-bond acceptors (Lipinski definition) is 2. The molecule has 0 radical (unpaired) electrons. The Balaban J connectivity index is 0.862. The van der Waals surface area contributed by atoms with Crippen LogP contribution in [0.15, 0.2) is 255 Å². The summed E-state index contributed by atoms with van der Waals surface area (Å²) < 4.78 is 2.55. The van der Waals surface area contributed by atoms with E-state index in [0.29, 0.717) is 0 Å². The van der Waals surface area contributed by atoms with Crippen molar-refractivity contribution < 1.29 is 0 Å². The molecule has 10 aromatic carbocycles. The number of rotatable bonds is 11. The summed E-state index contributed by atoms with van der Waals surface area (Å²) in [5.41, 5.74) is 27.3. The lowest BCUT2D eigenvalue weighted by Crippen LogP contribution is -2.26. The highest BCUT2D eigenvalue weighted by molar-refractivity contribution is 6.14. The van der Waals surface area contributed by atoms with Gasteiger partial charge in [-0.2, -0.15) is 0 Å². The summed E-state index contributed by atoms with van der Waals surface area (Å²) in [6, 6.07) is 82.0. The SMILES string of the molecule is C=C/C=C\C=C/CN(c1ccccc1)c1ccc2c(c1)C(C)(C)c1cc(-c3ccc4c(c3)c3cc(-c5ccc6c(c5)C(C)(C)c5cc(N(c7ccccc7)c7ccccc7)ccc5-6)cc5c3n4-c3ccccc3C5(C)C)ccc1-2. The van der Waals surface area contributed by atoms with Crippen LogP contribution < -0.4 is 9.80 Å². The molecular weight excluding hydrogens is 955 g/mol. The summed E-state index contributed by atoms with van der Waals surface area (Å²) in [5.74, 6) is 0. The minimum atomic E-state index is -0.234. The van der Waals surface area contributed by atoms with E-state index >= 15 is 0 Å². The van der Waals surface area contributed by atoms with Crippen molar-refractivity contribution in [1.29, 1.82) is 0 Å². The molecule has 382 valence electrons. The van der Waals surface area contributed by atoms with E-state index in [1.807, 2.05) is 18.2 Å². The molecule has 1 aliphatic heterocycles. The van der Waals surface area contributed by atoms with Gasteiger partial charge in [0, 0.05) is 62.0 Å². The van der Waals surface area contributed by atoms with Crippen LogP contribution in [0.3, 0.4) is 0 Å². The molecule has 0 saturated carbocycles. The van der Waals surface area contributed by atoms with E-state index in [0.717, 1.165) is 23.6 Å². The topological polar surface area (TPSA) is 11.4 Å². The largest absolute Gasteiger partial charge is 0.338 e. The van der Waals surface area contributed by atoms with Crippen molar-refractivity contribution in [3.05, 3.63) is 289 Å². The van der Waals surface area contributed by atoms with Crippen molar-refractivity contribution in [3.8, 4) is 50.2 Å². The lowest BCUT2D eigenvalue weighted by molar-refractivity contribution is 0.630. The summed E-state index contributed by atoms with van der Waals surface area (Å²) in [5, 5.41) is 2.56. The molecule has 3 aliphatic rings. The molecule has 0 fully saturated rings. The van der Waals surface area contributed by atoms with Crippen molar-refractivity contribution in [3.63, 3.8) is 0 Å². The van der Waals surface area contributed by atoms with Crippen LogP contribution in [0.1, 0.15) is 74.9 Å². The van der Waals surface area contributed by atoms with Crippen LogP contribution in [-0.2, 0) is 16.2 Å². The molecule has 0 bridgehead atoms. The number of hydrogen-bond donors (Lipinski definition) is 0. The fourth-order valence-corrected chi connectivity index (χ4v) is 13.6. The van der Waals surface area contributed by atoms with Crippen molar-refractivity contribution in [1.82, 2.24) is 4.57 Å². The first-order valence-electron chi connectivity index (χ1n) is 27.9. The summed E-state index contributed by atoms with van der Waals surface area (Å²) in [6.45, 7) is 19.0. The molecule has 2 aliphatic carbocycles. The minimum Gasteiger partial charge on any atom is -0.338 e. The Morgan fingerprint density at radius 3 is 1.47 bits per heavy atom. The van der Waals surface area contributed by atoms with Gasteiger partial charge in [-0.15, -0.1) is 0 Å². The standard InChI is InChI=1S/C76H63N3/c1-8-9-10-11-23-42-77(54-24-15-12-16-25-54)57-35-39-61-59-37-32-51(45-66(59)75(4,5)68(61)48-57)50-34-41-71-63(43-50)64-44-53(47-70-73(64)79(71)72-31-22-21-30-65(72)74(70,2)3)52-33-38-60-62-40-36-58(49-69(62)76(6,7)67(60)46-52)78(55-26-17-13-18-27-55)56-28-19-14-20-29-56/h8-41,43-49H,1,42H2,2-7H3/b10-9-,23-11-. The minimum absolute atomic E-state index is 0.210. The molecule has 0 unspecified atom stereocenters. The Morgan fingerprint density at radius 1 is 0.380 bits per heavy atom. The Morgan fingerprint density at radius 2 is 0.848 bits per heavy atom. The van der Waals surface area contributed by atoms with Crippen LogP contribution in [0.2, 0.25) is 0 Å². The predicted molar refractivity (Wildman–Crippen MR) is 336 cm³/mol. The van der Waals surface area contributed by atoms with Crippen LogP contribution in [0.4, 0.5) is 28.4 Å². The molecule has 0 atom stereocenters. The highest BCUT2D eigenvalue weighted by Crippen LogP contribution is 2.55. The van der Waals surface area contributed by atoms with E-state index in [-0.39, 0.29) is 16.2 Å². The van der Waals surface area contributed by atoms with Gasteiger partial charge in [-0.25, -0.2) is 0 Å². The summed E-state index contributed by atoms with van der Waals surface area (Å²) in [4.78, 5) is 4.77. The second kappa shape index (κ2) is 18.2. The quantitative estimate of drug-likeness (QED) is 0.120. The van der Waals surface area contributed by atoms with Gasteiger partial charge in [-0.05, 0) is 181 Å². The normalized spacial score (nSPS) is 14.8. The first kappa shape index (κ1) is 48.2. The fraction of sp³-hybridized carbons (Fsp3) is 0.132. The van der Waals surface area contributed by atoms with E-state index in [4.69, 9.17) is 0 Å². The lowest BCUT2D eigenvalue weighted by Gasteiger charge is -2.35. The van der Waals surface area contributed by atoms with Crippen LogP contribution in [0.25, 0.3) is 72.0 Å². The van der Waals surface area contributed by atoms with E-state index < -0.39 is 0 Å². The Hall–Kier alpha value is -9.18.